The Bertz CT molecular complexity index is 1020. The number of rotatable bonds is 4. The highest BCUT2D eigenvalue weighted by Crippen LogP contribution is 2.20. The summed E-state index contributed by atoms with van der Waals surface area (Å²) in [6.45, 7) is 0.218. The Morgan fingerprint density at radius 2 is 1.84 bits per heavy atom. The van der Waals surface area contributed by atoms with Crippen LogP contribution in [0.3, 0.4) is 0 Å². The molecule has 0 unspecified atom stereocenters. The average molecular weight is 330 g/mol. The maximum Gasteiger partial charge on any atom is 0.338 e. The van der Waals surface area contributed by atoms with Crippen LogP contribution in [0.5, 0.6) is 0 Å². The van der Waals surface area contributed by atoms with E-state index in [0.29, 0.717) is 11.3 Å². The number of nitrogens with zero attached hydrogens (tertiary/aromatic N) is 4. The van der Waals surface area contributed by atoms with Gasteiger partial charge in [0.25, 0.3) is 0 Å². The Labute approximate surface area is 143 Å². The van der Waals surface area contributed by atoms with Gasteiger partial charge in [0, 0.05) is 0 Å². The van der Waals surface area contributed by atoms with Crippen molar-refractivity contribution in [2.75, 3.05) is 0 Å². The van der Waals surface area contributed by atoms with Gasteiger partial charge < -0.3 is 4.74 Å². The first-order chi connectivity index (χ1) is 12.3. The minimum atomic E-state index is -0.386. The lowest BCUT2D eigenvalue weighted by Gasteiger charge is -2.09. The van der Waals surface area contributed by atoms with Crippen LogP contribution in [0.4, 0.5) is 0 Å². The van der Waals surface area contributed by atoms with Gasteiger partial charge >= 0.3 is 5.97 Å². The largest absolute Gasteiger partial charge is 0.457 e. The molecule has 1 aromatic heterocycles. The van der Waals surface area contributed by atoms with E-state index < -0.39 is 0 Å². The van der Waals surface area contributed by atoms with E-state index in [1.807, 2.05) is 48.5 Å². The predicted molar refractivity (Wildman–Crippen MR) is 92.2 cm³/mol. The number of esters is 1. The van der Waals surface area contributed by atoms with Crippen molar-refractivity contribution in [3.05, 3.63) is 84.2 Å². The van der Waals surface area contributed by atoms with E-state index in [1.54, 1.807) is 18.2 Å². The van der Waals surface area contributed by atoms with E-state index in [9.17, 15) is 4.79 Å². The molecule has 4 rings (SSSR count). The number of carbonyl (C=O) groups excluding carboxylic acids is 1. The van der Waals surface area contributed by atoms with E-state index in [2.05, 4.69) is 15.5 Å². The van der Waals surface area contributed by atoms with E-state index in [-0.39, 0.29) is 12.6 Å². The predicted octanol–water partition coefficient (Wildman–Crippen LogP) is 3.17. The number of benzene rings is 3. The van der Waals surface area contributed by atoms with Gasteiger partial charge in [-0.2, -0.15) is 0 Å². The summed E-state index contributed by atoms with van der Waals surface area (Å²) in [5, 5.41) is 13.2. The summed E-state index contributed by atoms with van der Waals surface area (Å²) < 4.78 is 6.98. The molecule has 0 aliphatic heterocycles. The topological polar surface area (TPSA) is 69.9 Å². The molecule has 122 valence electrons. The molecule has 0 saturated carbocycles. The molecule has 0 amide bonds. The zero-order valence-corrected chi connectivity index (χ0v) is 13.2. The van der Waals surface area contributed by atoms with E-state index in [0.717, 1.165) is 16.3 Å². The number of ether oxygens (including phenoxy) is 1. The maximum atomic E-state index is 12.4. The van der Waals surface area contributed by atoms with Crippen LogP contribution >= 0.6 is 0 Å². The van der Waals surface area contributed by atoms with Gasteiger partial charge in [-0.15, -0.1) is 5.10 Å². The van der Waals surface area contributed by atoms with Gasteiger partial charge in [0.05, 0.1) is 11.3 Å². The van der Waals surface area contributed by atoms with Crippen molar-refractivity contribution in [3.63, 3.8) is 0 Å². The number of fused-ring (bicyclic) bond motifs is 1. The van der Waals surface area contributed by atoms with Crippen molar-refractivity contribution in [2.24, 2.45) is 0 Å². The minimum absolute atomic E-state index is 0.218. The van der Waals surface area contributed by atoms with E-state index in [1.165, 1.54) is 11.0 Å². The van der Waals surface area contributed by atoms with Crippen LogP contribution in [-0.2, 0) is 11.3 Å². The second-order valence-electron chi connectivity index (χ2n) is 5.52. The van der Waals surface area contributed by atoms with Gasteiger partial charge in [0.15, 0.2) is 0 Å². The summed E-state index contributed by atoms with van der Waals surface area (Å²) in [5.74, 6) is -0.386. The van der Waals surface area contributed by atoms with Crippen LogP contribution < -0.4 is 0 Å². The number of hydrogen-bond acceptors (Lipinski definition) is 5. The van der Waals surface area contributed by atoms with E-state index >= 15 is 0 Å². The first-order valence-corrected chi connectivity index (χ1v) is 7.78. The monoisotopic (exact) mass is 330 g/mol. The van der Waals surface area contributed by atoms with Gasteiger partial charge in [-0.1, -0.05) is 48.5 Å². The van der Waals surface area contributed by atoms with Crippen LogP contribution in [0, 0.1) is 0 Å². The molecule has 0 fully saturated rings. The fourth-order valence-corrected chi connectivity index (χ4v) is 2.70. The summed E-state index contributed by atoms with van der Waals surface area (Å²) >= 11 is 0. The molecule has 0 saturated heterocycles. The standard InChI is InChI=1S/C19H14N4O2/c24-19(15-7-4-9-17(11-15)23-13-20-21-22-23)25-12-16-8-3-6-14-5-1-2-10-18(14)16/h1-11,13H,12H2. The molecule has 0 aliphatic rings. The summed E-state index contributed by atoms with van der Waals surface area (Å²) in [6.07, 6.45) is 1.47. The number of carbonyl (C=O) groups is 1. The lowest BCUT2D eigenvalue weighted by Crippen LogP contribution is -2.06. The Hall–Kier alpha value is -3.54. The molecular weight excluding hydrogens is 316 g/mol. The highest BCUT2D eigenvalue weighted by Gasteiger charge is 2.10. The zero-order valence-electron chi connectivity index (χ0n) is 13.2. The Balaban J connectivity index is 1.53. The van der Waals surface area contributed by atoms with E-state index in [4.69, 9.17) is 4.74 Å². The number of aromatic nitrogens is 4. The fourth-order valence-electron chi connectivity index (χ4n) is 2.70. The average Bonchev–Trinajstić information content (AvgIpc) is 3.21. The lowest BCUT2D eigenvalue weighted by atomic mass is 10.1. The second kappa shape index (κ2) is 6.52. The third-order valence-electron chi connectivity index (χ3n) is 3.93. The van der Waals surface area contributed by atoms with Crippen LogP contribution in [-0.4, -0.2) is 26.2 Å². The van der Waals surface area contributed by atoms with Crippen molar-refractivity contribution in [1.82, 2.24) is 20.2 Å². The fraction of sp³-hybridized carbons (Fsp3) is 0.0526. The van der Waals surface area contributed by atoms with Crippen LogP contribution in [0.25, 0.3) is 16.5 Å². The quantitative estimate of drug-likeness (QED) is 0.538. The molecule has 0 bridgehead atoms. The van der Waals surface area contributed by atoms with Crippen molar-refractivity contribution in [1.29, 1.82) is 0 Å². The summed E-state index contributed by atoms with van der Waals surface area (Å²) in [6, 6.07) is 21.0. The van der Waals surface area contributed by atoms with Crippen molar-refractivity contribution in [3.8, 4) is 5.69 Å². The Morgan fingerprint density at radius 3 is 2.72 bits per heavy atom. The van der Waals surface area contributed by atoms with Crippen LogP contribution in [0.2, 0.25) is 0 Å². The molecule has 0 N–H and O–H groups in total. The molecule has 6 heteroatoms. The maximum absolute atomic E-state index is 12.4. The molecule has 1 heterocycles. The highest BCUT2D eigenvalue weighted by atomic mass is 16.5. The minimum Gasteiger partial charge on any atom is -0.457 e. The molecule has 0 spiro atoms. The first kappa shape index (κ1) is 15.0. The van der Waals surface area contributed by atoms with Gasteiger partial charge in [-0.05, 0) is 45.0 Å². The highest BCUT2D eigenvalue weighted by molar-refractivity contribution is 5.90. The molecule has 0 aliphatic carbocycles. The summed E-state index contributed by atoms with van der Waals surface area (Å²) in [7, 11) is 0. The third kappa shape index (κ3) is 3.10. The zero-order chi connectivity index (χ0) is 17.1. The van der Waals surface area contributed by atoms with Gasteiger partial charge in [-0.25, -0.2) is 9.48 Å². The third-order valence-corrected chi connectivity index (χ3v) is 3.93. The smallest absolute Gasteiger partial charge is 0.338 e. The molecule has 0 radical (unpaired) electrons. The van der Waals surface area contributed by atoms with Crippen molar-refractivity contribution in [2.45, 2.75) is 6.61 Å². The van der Waals surface area contributed by atoms with Gasteiger partial charge in [0.2, 0.25) is 0 Å². The first-order valence-electron chi connectivity index (χ1n) is 7.78. The normalized spacial score (nSPS) is 10.7. The molecule has 6 nitrogen and oxygen atoms in total. The molecular formula is C19H14N4O2. The van der Waals surface area contributed by atoms with Crippen LogP contribution in [0.15, 0.2) is 73.1 Å². The summed E-state index contributed by atoms with van der Waals surface area (Å²) in [5.41, 5.74) is 2.13. The van der Waals surface area contributed by atoms with Gasteiger partial charge in [-0.3, -0.25) is 0 Å². The number of tetrazole rings is 1. The van der Waals surface area contributed by atoms with Crippen LogP contribution in [0.1, 0.15) is 15.9 Å². The Kier molecular flexibility index (Phi) is 3.92. The van der Waals surface area contributed by atoms with Gasteiger partial charge in [0.1, 0.15) is 12.9 Å². The molecule has 4 aromatic rings. The SMILES string of the molecule is O=C(OCc1cccc2ccccc12)c1cccc(-n2cnnn2)c1. The molecule has 0 atom stereocenters. The van der Waals surface area contributed by atoms with Crippen molar-refractivity contribution >= 4 is 16.7 Å². The number of hydrogen-bond donors (Lipinski definition) is 0. The second-order valence-corrected chi connectivity index (χ2v) is 5.52. The molecule has 25 heavy (non-hydrogen) atoms. The molecule has 3 aromatic carbocycles. The lowest BCUT2D eigenvalue weighted by molar-refractivity contribution is 0.0474. The summed E-state index contributed by atoms with van der Waals surface area (Å²) in [4.78, 5) is 12.4. The van der Waals surface area contributed by atoms with Crippen molar-refractivity contribution < 1.29 is 9.53 Å². The Morgan fingerprint density at radius 1 is 1.00 bits per heavy atom.